The molecule has 1 rings (SSSR count). The molecule has 13 heteroatoms. The SMILES string of the molecule is CN(C)S(=O)(=O)CCCS(=O)(=O)N1C[C@@H](C(F)(F)F)[C@H](C(=O)O)C1. The zero-order chi connectivity index (χ0) is 18.9. The molecule has 0 aromatic rings. The van der Waals surface area contributed by atoms with E-state index in [4.69, 9.17) is 5.11 Å². The standard InChI is InChI=1S/C11H19F3N2O6S2/c1-15(2)23(19,20)4-3-5-24(21,22)16-6-8(10(17)18)9(7-16)11(12,13)14/h8-9H,3-7H2,1-2H3,(H,17,18)/t8-,9-/m1/s1. The van der Waals surface area contributed by atoms with Crippen molar-refractivity contribution in [1.29, 1.82) is 0 Å². The summed E-state index contributed by atoms with van der Waals surface area (Å²) in [6.07, 6.45) is -5.13. The lowest BCUT2D eigenvalue weighted by molar-refractivity contribution is -0.187. The van der Waals surface area contributed by atoms with Crippen molar-refractivity contribution in [3.8, 4) is 0 Å². The van der Waals surface area contributed by atoms with Crippen LogP contribution in [0.1, 0.15) is 6.42 Å². The lowest BCUT2D eigenvalue weighted by atomic mass is 9.96. The third-order valence-electron chi connectivity index (χ3n) is 3.78. The van der Waals surface area contributed by atoms with Crippen LogP contribution in [0, 0.1) is 11.8 Å². The summed E-state index contributed by atoms with van der Waals surface area (Å²) < 4.78 is 87.3. The lowest BCUT2D eigenvalue weighted by Crippen LogP contribution is -2.35. The van der Waals surface area contributed by atoms with E-state index in [1.807, 2.05) is 0 Å². The van der Waals surface area contributed by atoms with Gasteiger partial charge in [-0.2, -0.15) is 13.2 Å². The third kappa shape index (κ3) is 5.04. The van der Waals surface area contributed by atoms with Crippen LogP contribution in [-0.2, 0) is 24.8 Å². The van der Waals surface area contributed by atoms with Crippen LogP contribution < -0.4 is 0 Å². The van der Waals surface area contributed by atoms with E-state index in [0.29, 0.717) is 4.31 Å². The first kappa shape index (κ1) is 21.1. The van der Waals surface area contributed by atoms with Crippen molar-refractivity contribution < 1.29 is 39.9 Å². The molecule has 0 spiro atoms. The molecule has 1 N–H and O–H groups in total. The van der Waals surface area contributed by atoms with Gasteiger partial charge in [0, 0.05) is 27.2 Å². The van der Waals surface area contributed by atoms with Gasteiger partial charge < -0.3 is 5.11 Å². The predicted octanol–water partition coefficient (Wildman–Crippen LogP) is -0.207. The highest BCUT2D eigenvalue weighted by Gasteiger charge is 2.54. The van der Waals surface area contributed by atoms with Crippen LogP contribution in [0.2, 0.25) is 0 Å². The van der Waals surface area contributed by atoms with Crippen molar-refractivity contribution >= 4 is 26.0 Å². The van der Waals surface area contributed by atoms with Gasteiger partial charge in [0.1, 0.15) is 0 Å². The zero-order valence-electron chi connectivity index (χ0n) is 13.0. The van der Waals surface area contributed by atoms with Gasteiger partial charge in [-0.15, -0.1) is 0 Å². The summed E-state index contributed by atoms with van der Waals surface area (Å²) in [5, 5.41) is 8.87. The highest BCUT2D eigenvalue weighted by atomic mass is 32.2. The maximum Gasteiger partial charge on any atom is 0.393 e. The average molecular weight is 396 g/mol. The molecule has 1 aliphatic rings. The molecule has 1 heterocycles. The Hall–Kier alpha value is -0.920. The van der Waals surface area contributed by atoms with Gasteiger partial charge >= 0.3 is 12.1 Å². The largest absolute Gasteiger partial charge is 0.481 e. The molecule has 1 saturated heterocycles. The smallest absolute Gasteiger partial charge is 0.393 e. The highest BCUT2D eigenvalue weighted by Crippen LogP contribution is 2.38. The maximum absolute atomic E-state index is 12.9. The molecular weight excluding hydrogens is 377 g/mol. The van der Waals surface area contributed by atoms with Crippen molar-refractivity contribution in [2.75, 3.05) is 38.7 Å². The van der Waals surface area contributed by atoms with Gasteiger partial charge in [-0.25, -0.2) is 25.4 Å². The van der Waals surface area contributed by atoms with Gasteiger partial charge in [0.2, 0.25) is 20.0 Å². The molecule has 2 atom stereocenters. The van der Waals surface area contributed by atoms with E-state index in [0.717, 1.165) is 4.31 Å². The molecule has 24 heavy (non-hydrogen) atoms. The first-order valence-electron chi connectivity index (χ1n) is 6.86. The van der Waals surface area contributed by atoms with E-state index in [9.17, 15) is 34.8 Å². The quantitative estimate of drug-likeness (QED) is 0.637. The van der Waals surface area contributed by atoms with Crippen LogP contribution >= 0.6 is 0 Å². The van der Waals surface area contributed by atoms with Crippen molar-refractivity contribution in [3.05, 3.63) is 0 Å². The summed E-state index contributed by atoms with van der Waals surface area (Å²) in [5.74, 6) is -7.01. The number of alkyl halides is 3. The first-order valence-corrected chi connectivity index (χ1v) is 10.1. The number of hydrogen-bond donors (Lipinski definition) is 1. The van der Waals surface area contributed by atoms with Crippen molar-refractivity contribution in [2.45, 2.75) is 12.6 Å². The second-order valence-electron chi connectivity index (χ2n) is 5.68. The van der Waals surface area contributed by atoms with Crippen molar-refractivity contribution in [2.24, 2.45) is 11.8 Å². The third-order valence-corrected chi connectivity index (χ3v) is 7.59. The summed E-state index contributed by atoms with van der Waals surface area (Å²) in [4.78, 5) is 10.9. The Morgan fingerprint density at radius 2 is 1.71 bits per heavy atom. The lowest BCUT2D eigenvalue weighted by Gasteiger charge is -2.18. The van der Waals surface area contributed by atoms with Crippen molar-refractivity contribution in [3.63, 3.8) is 0 Å². The maximum atomic E-state index is 12.9. The van der Waals surface area contributed by atoms with Gasteiger partial charge in [-0.1, -0.05) is 0 Å². The molecule has 0 amide bonds. The molecule has 1 aliphatic heterocycles. The van der Waals surface area contributed by atoms with E-state index in [1.165, 1.54) is 14.1 Å². The minimum Gasteiger partial charge on any atom is -0.481 e. The minimum absolute atomic E-state index is 0.298. The number of rotatable bonds is 7. The Balaban J connectivity index is 2.80. The number of carboxylic acids is 1. The summed E-state index contributed by atoms with van der Waals surface area (Å²) in [7, 11) is -5.26. The molecule has 1 fully saturated rings. The van der Waals surface area contributed by atoms with Gasteiger partial charge in [-0.05, 0) is 6.42 Å². The Morgan fingerprint density at radius 3 is 2.08 bits per heavy atom. The Morgan fingerprint density at radius 1 is 1.17 bits per heavy atom. The summed E-state index contributed by atoms with van der Waals surface area (Å²) >= 11 is 0. The van der Waals surface area contributed by atoms with Crippen LogP contribution in [0.3, 0.4) is 0 Å². The number of carboxylic acid groups (broad SMARTS) is 1. The Bertz CT molecular complexity index is 674. The number of carbonyl (C=O) groups is 1. The van der Waals surface area contributed by atoms with Gasteiger partial charge in [-0.3, -0.25) is 4.79 Å². The molecule has 0 unspecified atom stereocenters. The molecule has 0 aliphatic carbocycles. The predicted molar refractivity (Wildman–Crippen MR) is 78.1 cm³/mol. The van der Waals surface area contributed by atoms with E-state index < -0.39 is 68.6 Å². The molecule has 0 radical (unpaired) electrons. The van der Waals surface area contributed by atoms with Crippen LogP contribution in [-0.4, -0.2) is 81.4 Å². The number of hydrogen-bond acceptors (Lipinski definition) is 5. The first-order chi connectivity index (χ1) is 10.7. The molecule has 0 bridgehead atoms. The zero-order valence-corrected chi connectivity index (χ0v) is 14.7. The van der Waals surface area contributed by atoms with Gasteiger partial charge in [0.25, 0.3) is 0 Å². The normalized spacial score (nSPS) is 23.8. The number of nitrogens with zero attached hydrogens (tertiary/aromatic N) is 2. The molecule has 0 aromatic carbocycles. The van der Waals surface area contributed by atoms with Crippen molar-refractivity contribution in [1.82, 2.24) is 8.61 Å². The number of halogens is 3. The van der Waals surface area contributed by atoms with Crippen LogP contribution in [0.15, 0.2) is 0 Å². The van der Waals surface area contributed by atoms with E-state index >= 15 is 0 Å². The number of sulfonamides is 2. The monoisotopic (exact) mass is 396 g/mol. The average Bonchev–Trinajstić information content (AvgIpc) is 2.83. The fourth-order valence-corrected chi connectivity index (χ4v) is 4.91. The topological polar surface area (TPSA) is 112 Å². The highest BCUT2D eigenvalue weighted by molar-refractivity contribution is 7.90. The fourth-order valence-electron chi connectivity index (χ4n) is 2.31. The Kier molecular flexibility index (Phi) is 6.28. The molecule has 142 valence electrons. The van der Waals surface area contributed by atoms with Crippen LogP contribution in [0.25, 0.3) is 0 Å². The summed E-state index contributed by atoms with van der Waals surface area (Å²) in [6, 6.07) is 0. The van der Waals surface area contributed by atoms with E-state index in [2.05, 4.69) is 0 Å². The second kappa shape index (κ2) is 7.14. The molecule has 8 nitrogen and oxygen atoms in total. The molecule has 0 aromatic heterocycles. The van der Waals surface area contributed by atoms with Gasteiger partial charge in [0.05, 0.1) is 23.3 Å². The number of aliphatic carboxylic acids is 1. The minimum atomic E-state index is -4.83. The van der Waals surface area contributed by atoms with E-state index in [-0.39, 0.29) is 6.42 Å². The Labute approximate surface area is 138 Å². The fraction of sp³-hybridized carbons (Fsp3) is 0.909. The van der Waals surface area contributed by atoms with Crippen LogP contribution in [0.5, 0.6) is 0 Å². The second-order valence-corrected chi connectivity index (χ2v) is 10.1. The molecule has 0 saturated carbocycles. The van der Waals surface area contributed by atoms with Gasteiger partial charge in [0.15, 0.2) is 0 Å². The summed E-state index contributed by atoms with van der Waals surface area (Å²) in [5.41, 5.74) is 0. The van der Waals surface area contributed by atoms with Crippen LogP contribution in [0.4, 0.5) is 13.2 Å². The summed E-state index contributed by atoms with van der Waals surface area (Å²) in [6.45, 7) is -1.74. The molecular formula is C11H19F3N2O6S2. The van der Waals surface area contributed by atoms with E-state index in [1.54, 1.807) is 0 Å².